The Hall–Kier alpha value is -3.15. The number of aromatic amines is 1. The number of pyridine rings is 1. The second-order valence-electron chi connectivity index (χ2n) is 4.60. The zero-order valence-corrected chi connectivity index (χ0v) is 11.8. The normalized spacial score (nSPS) is 11.6. The van der Waals surface area contributed by atoms with E-state index in [1.54, 1.807) is 25.4 Å². The molecule has 0 saturated heterocycles. The van der Waals surface area contributed by atoms with Crippen LogP contribution in [0.4, 0.5) is 0 Å². The highest BCUT2D eigenvalue weighted by molar-refractivity contribution is 5.96. The number of rotatable bonds is 4. The molecule has 0 aliphatic heterocycles. The third-order valence-corrected chi connectivity index (χ3v) is 3.24. The van der Waals surface area contributed by atoms with Crippen molar-refractivity contribution in [2.24, 2.45) is 0 Å². The van der Waals surface area contributed by atoms with E-state index in [9.17, 15) is 4.79 Å². The highest BCUT2D eigenvalue weighted by Crippen LogP contribution is 2.28. The molecule has 0 saturated carbocycles. The number of benzene rings is 1. The number of nitrogens with zero attached hydrogens (tertiary/aromatic N) is 2. The number of carboxylic acids is 1. The summed E-state index contributed by atoms with van der Waals surface area (Å²) in [5.74, 6) is -0.522. The highest BCUT2D eigenvalue weighted by Gasteiger charge is 2.12. The van der Waals surface area contributed by atoms with Gasteiger partial charge in [0.25, 0.3) is 0 Å². The lowest BCUT2D eigenvalue weighted by atomic mass is 10.0. The first-order chi connectivity index (χ1) is 10.7. The molecule has 0 bridgehead atoms. The van der Waals surface area contributed by atoms with E-state index < -0.39 is 5.97 Å². The maximum absolute atomic E-state index is 11.1. The molecule has 110 valence electrons. The summed E-state index contributed by atoms with van der Waals surface area (Å²) in [6.07, 6.45) is 2.78. The van der Waals surface area contributed by atoms with Gasteiger partial charge in [0.2, 0.25) is 5.88 Å². The average molecular weight is 295 g/mol. The Morgan fingerprint density at radius 2 is 2.18 bits per heavy atom. The van der Waals surface area contributed by atoms with Gasteiger partial charge in [-0.2, -0.15) is 0 Å². The van der Waals surface area contributed by atoms with Crippen molar-refractivity contribution >= 4 is 22.4 Å². The van der Waals surface area contributed by atoms with Crippen LogP contribution in [0, 0.1) is 0 Å². The first kappa shape index (κ1) is 13.8. The zero-order valence-electron chi connectivity index (χ0n) is 11.8. The van der Waals surface area contributed by atoms with E-state index in [0.717, 1.165) is 22.5 Å². The maximum atomic E-state index is 11.1. The van der Waals surface area contributed by atoms with Crippen LogP contribution in [-0.4, -0.2) is 33.4 Å². The fourth-order valence-corrected chi connectivity index (χ4v) is 2.27. The summed E-state index contributed by atoms with van der Waals surface area (Å²) in [4.78, 5) is 15.4. The van der Waals surface area contributed by atoms with Gasteiger partial charge in [-0.25, -0.2) is 4.79 Å². The Bertz CT molecular complexity index is 853. The number of aromatic nitrogens is 3. The van der Waals surface area contributed by atoms with Gasteiger partial charge in [0, 0.05) is 17.8 Å². The number of H-pyrrole nitrogens is 1. The van der Waals surface area contributed by atoms with Gasteiger partial charge in [-0.15, -0.1) is 5.10 Å². The molecule has 3 aromatic rings. The Balaban J connectivity index is 2.14. The van der Waals surface area contributed by atoms with E-state index in [1.165, 1.54) is 0 Å². The Labute approximate surface area is 126 Å². The van der Waals surface area contributed by atoms with Crippen molar-refractivity contribution in [1.82, 2.24) is 15.2 Å². The van der Waals surface area contributed by atoms with E-state index in [4.69, 9.17) is 9.84 Å². The molecule has 0 aliphatic rings. The molecule has 1 aromatic carbocycles. The number of aliphatic carboxylic acids is 1. The smallest absolute Gasteiger partial charge is 0.329 e. The van der Waals surface area contributed by atoms with Crippen LogP contribution in [-0.2, 0) is 4.79 Å². The second-order valence-corrected chi connectivity index (χ2v) is 4.60. The molecule has 0 amide bonds. The molecule has 0 atom stereocenters. The van der Waals surface area contributed by atoms with E-state index in [0.29, 0.717) is 17.1 Å². The molecule has 0 radical (unpaired) electrons. The number of nitrogens with one attached hydrogen (secondary N) is 1. The first-order valence-electron chi connectivity index (χ1n) is 6.57. The van der Waals surface area contributed by atoms with Crippen LogP contribution in [0.5, 0.6) is 5.88 Å². The molecule has 0 fully saturated rings. The van der Waals surface area contributed by atoms with Crippen molar-refractivity contribution < 1.29 is 14.6 Å². The van der Waals surface area contributed by atoms with Crippen molar-refractivity contribution in [3.8, 4) is 5.88 Å². The van der Waals surface area contributed by atoms with Crippen LogP contribution < -0.4 is 4.74 Å². The number of methoxy groups -OCH3 is 1. The fraction of sp³-hybridized carbons (Fsp3) is 0.0625. The number of fused-ring (bicyclic) bond motifs is 1. The Morgan fingerprint density at radius 3 is 2.86 bits per heavy atom. The highest BCUT2D eigenvalue weighted by atomic mass is 16.5. The van der Waals surface area contributed by atoms with Crippen LogP contribution in [0.2, 0.25) is 0 Å². The van der Waals surface area contributed by atoms with Crippen molar-refractivity contribution in [3.05, 3.63) is 59.9 Å². The van der Waals surface area contributed by atoms with Crippen LogP contribution in [0.25, 0.3) is 16.5 Å². The number of hydrogen-bond donors (Lipinski definition) is 2. The molecule has 2 aromatic heterocycles. The Morgan fingerprint density at radius 1 is 1.32 bits per heavy atom. The molecule has 0 aliphatic carbocycles. The summed E-state index contributed by atoms with van der Waals surface area (Å²) < 4.78 is 5.15. The van der Waals surface area contributed by atoms with Gasteiger partial charge < -0.3 is 9.84 Å². The summed E-state index contributed by atoms with van der Waals surface area (Å²) in [7, 11) is 1.55. The molecule has 6 heteroatoms. The van der Waals surface area contributed by atoms with Crippen LogP contribution in [0.1, 0.15) is 11.3 Å². The van der Waals surface area contributed by atoms with Crippen molar-refractivity contribution in [1.29, 1.82) is 0 Å². The number of carboxylic acid groups (broad SMARTS) is 1. The van der Waals surface area contributed by atoms with Gasteiger partial charge in [0.05, 0.1) is 23.7 Å². The van der Waals surface area contributed by atoms with Crippen LogP contribution >= 0.6 is 0 Å². The van der Waals surface area contributed by atoms with Gasteiger partial charge in [-0.1, -0.05) is 12.1 Å². The standard InChI is InChI=1S/C16H13N3O3/c1-22-16-11-6-5-10(8-14(11)18-19-16)12(9-15(20)21)13-4-2-3-7-17-13/h2-9H,1H3,(H,18,19)(H,20,21). The predicted molar refractivity (Wildman–Crippen MR) is 81.6 cm³/mol. The van der Waals surface area contributed by atoms with Gasteiger partial charge >= 0.3 is 5.97 Å². The lowest BCUT2D eigenvalue weighted by Crippen LogP contribution is -1.96. The molecule has 3 rings (SSSR count). The monoisotopic (exact) mass is 295 g/mol. The summed E-state index contributed by atoms with van der Waals surface area (Å²) in [5.41, 5.74) is 2.63. The molecule has 0 unspecified atom stereocenters. The summed E-state index contributed by atoms with van der Waals surface area (Å²) in [6, 6.07) is 10.9. The molecule has 2 N–H and O–H groups in total. The van der Waals surface area contributed by atoms with Crippen LogP contribution in [0.15, 0.2) is 48.7 Å². The Kier molecular flexibility index (Phi) is 3.57. The topological polar surface area (TPSA) is 88.1 Å². The third-order valence-electron chi connectivity index (χ3n) is 3.24. The van der Waals surface area contributed by atoms with Gasteiger partial charge in [-0.05, 0) is 29.8 Å². The van der Waals surface area contributed by atoms with Crippen molar-refractivity contribution in [3.63, 3.8) is 0 Å². The van der Waals surface area contributed by atoms with Gasteiger partial charge in [0.1, 0.15) is 0 Å². The fourth-order valence-electron chi connectivity index (χ4n) is 2.27. The van der Waals surface area contributed by atoms with Crippen LogP contribution in [0.3, 0.4) is 0 Å². The predicted octanol–water partition coefficient (Wildman–Crippen LogP) is 2.48. The molecule has 2 heterocycles. The lowest BCUT2D eigenvalue weighted by Gasteiger charge is -2.07. The molecule has 0 spiro atoms. The van der Waals surface area contributed by atoms with E-state index in [-0.39, 0.29) is 0 Å². The molecular weight excluding hydrogens is 282 g/mol. The minimum absolute atomic E-state index is 0.503. The van der Waals surface area contributed by atoms with E-state index in [1.807, 2.05) is 24.3 Å². The molecule has 22 heavy (non-hydrogen) atoms. The zero-order chi connectivity index (χ0) is 15.5. The minimum atomic E-state index is -1.03. The van der Waals surface area contributed by atoms with Crippen molar-refractivity contribution in [2.75, 3.05) is 7.11 Å². The first-order valence-corrected chi connectivity index (χ1v) is 6.57. The minimum Gasteiger partial charge on any atom is -0.480 e. The van der Waals surface area contributed by atoms with Gasteiger partial charge in [0.15, 0.2) is 0 Å². The number of hydrogen-bond acceptors (Lipinski definition) is 4. The quantitative estimate of drug-likeness (QED) is 0.722. The van der Waals surface area contributed by atoms with E-state index >= 15 is 0 Å². The number of carbonyl (C=O) groups is 1. The number of ether oxygens (including phenoxy) is 1. The lowest BCUT2D eigenvalue weighted by molar-refractivity contribution is -0.131. The van der Waals surface area contributed by atoms with Crippen molar-refractivity contribution in [2.45, 2.75) is 0 Å². The van der Waals surface area contributed by atoms with Gasteiger partial charge in [-0.3, -0.25) is 10.1 Å². The molecular formula is C16H13N3O3. The van der Waals surface area contributed by atoms with E-state index in [2.05, 4.69) is 15.2 Å². The summed E-state index contributed by atoms with van der Waals surface area (Å²) in [6.45, 7) is 0. The largest absolute Gasteiger partial charge is 0.480 e. The molecule has 6 nitrogen and oxygen atoms in total. The maximum Gasteiger partial charge on any atom is 0.329 e. The summed E-state index contributed by atoms with van der Waals surface area (Å²) in [5, 5.41) is 16.9. The second kappa shape index (κ2) is 5.69. The SMILES string of the molecule is COc1n[nH]c2cc(C(=CC(=O)O)c3ccccn3)ccc12. The third kappa shape index (κ3) is 2.54. The average Bonchev–Trinajstić information content (AvgIpc) is 2.95. The summed E-state index contributed by atoms with van der Waals surface area (Å²) >= 11 is 0.